The Morgan fingerprint density at radius 1 is 1.43 bits per heavy atom. The van der Waals surface area contributed by atoms with Crippen molar-refractivity contribution in [3.8, 4) is 0 Å². The van der Waals surface area contributed by atoms with Gasteiger partial charge in [0, 0.05) is 5.92 Å². The van der Waals surface area contributed by atoms with Gasteiger partial charge in [0.05, 0.1) is 12.1 Å². The summed E-state index contributed by atoms with van der Waals surface area (Å²) < 4.78 is 0. The molecule has 0 aromatic carbocycles. The molecule has 1 saturated carbocycles. The van der Waals surface area contributed by atoms with Gasteiger partial charge in [0.2, 0.25) is 5.91 Å². The number of aliphatic hydroxyl groups excluding tert-OH is 1. The van der Waals surface area contributed by atoms with Crippen molar-refractivity contribution in [2.24, 2.45) is 5.92 Å². The molecule has 14 heavy (non-hydrogen) atoms. The molecule has 1 saturated heterocycles. The van der Waals surface area contributed by atoms with E-state index >= 15 is 0 Å². The third kappa shape index (κ3) is 2.07. The molecule has 4 heteroatoms. The molecule has 4 nitrogen and oxygen atoms in total. The average Bonchev–Trinajstić information content (AvgIpc) is 3.00. The van der Waals surface area contributed by atoms with Crippen LogP contribution in [0, 0.1) is 5.92 Å². The maximum atomic E-state index is 11.8. The molecule has 0 atom stereocenters. The van der Waals surface area contributed by atoms with E-state index in [0.717, 1.165) is 38.8 Å². The highest BCUT2D eigenvalue weighted by Gasteiger charge is 2.44. The van der Waals surface area contributed by atoms with E-state index in [2.05, 4.69) is 10.6 Å². The normalized spacial score (nSPS) is 25.8. The number of piperidine rings is 1. The van der Waals surface area contributed by atoms with Gasteiger partial charge in [-0.15, -0.1) is 0 Å². The second-order valence-electron chi connectivity index (χ2n) is 4.45. The maximum absolute atomic E-state index is 11.8. The molecular formula is C10H18N2O2. The van der Waals surface area contributed by atoms with Crippen LogP contribution in [0.3, 0.4) is 0 Å². The molecule has 2 aliphatic rings. The van der Waals surface area contributed by atoms with Crippen LogP contribution in [0.4, 0.5) is 0 Å². The van der Waals surface area contributed by atoms with E-state index in [9.17, 15) is 4.79 Å². The maximum Gasteiger partial charge on any atom is 0.223 e. The third-order valence-corrected chi connectivity index (χ3v) is 3.25. The van der Waals surface area contributed by atoms with E-state index in [-0.39, 0.29) is 24.0 Å². The van der Waals surface area contributed by atoms with Crippen LogP contribution < -0.4 is 10.6 Å². The fourth-order valence-corrected chi connectivity index (χ4v) is 1.92. The molecule has 1 aliphatic carbocycles. The standard InChI is InChI=1S/C10H18N2O2/c13-7-10(3-4-10)12-9(14)8-1-5-11-6-2-8/h8,11,13H,1-7H2,(H,12,14). The van der Waals surface area contributed by atoms with Crippen molar-refractivity contribution >= 4 is 5.91 Å². The number of carbonyl (C=O) groups is 1. The molecule has 1 aliphatic heterocycles. The van der Waals surface area contributed by atoms with Crippen molar-refractivity contribution in [1.29, 1.82) is 0 Å². The Hall–Kier alpha value is -0.610. The van der Waals surface area contributed by atoms with Gasteiger partial charge in [0.1, 0.15) is 0 Å². The highest BCUT2D eigenvalue weighted by atomic mass is 16.3. The highest BCUT2D eigenvalue weighted by Crippen LogP contribution is 2.35. The summed E-state index contributed by atoms with van der Waals surface area (Å²) in [7, 11) is 0. The summed E-state index contributed by atoms with van der Waals surface area (Å²) in [5.41, 5.74) is -0.248. The molecule has 80 valence electrons. The Bertz CT molecular complexity index is 220. The average molecular weight is 198 g/mol. The fraction of sp³-hybridized carbons (Fsp3) is 0.900. The van der Waals surface area contributed by atoms with E-state index in [1.807, 2.05) is 0 Å². The van der Waals surface area contributed by atoms with Crippen LogP contribution in [0.15, 0.2) is 0 Å². The van der Waals surface area contributed by atoms with E-state index in [1.54, 1.807) is 0 Å². The van der Waals surface area contributed by atoms with Crippen LogP contribution in [-0.2, 0) is 4.79 Å². The van der Waals surface area contributed by atoms with Crippen molar-refractivity contribution in [3.63, 3.8) is 0 Å². The molecule has 0 radical (unpaired) electrons. The monoisotopic (exact) mass is 198 g/mol. The largest absolute Gasteiger partial charge is 0.394 e. The predicted molar refractivity (Wildman–Crippen MR) is 52.8 cm³/mol. The second kappa shape index (κ2) is 3.87. The van der Waals surface area contributed by atoms with Crippen molar-refractivity contribution in [2.45, 2.75) is 31.2 Å². The summed E-state index contributed by atoms with van der Waals surface area (Å²) in [5.74, 6) is 0.290. The minimum Gasteiger partial charge on any atom is -0.394 e. The zero-order chi connectivity index (χ0) is 10.0. The number of nitrogens with one attached hydrogen (secondary N) is 2. The van der Waals surface area contributed by atoms with E-state index in [4.69, 9.17) is 5.11 Å². The van der Waals surface area contributed by atoms with Crippen LogP contribution in [-0.4, -0.2) is 36.2 Å². The zero-order valence-electron chi connectivity index (χ0n) is 8.38. The van der Waals surface area contributed by atoms with E-state index < -0.39 is 0 Å². The molecule has 0 spiro atoms. The number of rotatable bonds is 3. The van der Waals surface area contributed by atoms with Gasteiger partial charge >= 0.3 is 0 Å². The Morgan fingerprint density at radius 2 is 2.07 bits per heavy atom. The topological polar surface area (TPSA) is 61.4 Å². The molecule has 0 aromatic heterocycles. The van der Waals surface area contributed by atoms with E-state index in [1.165, 1.54) is 0 Å². The van der Waals surface area contributed by atoms with Gasteiger partial charge in [0.25, 0.3) is 0 Å². The first-order valence-corrected chi connectivity index (χ1v) is 5.39. The lowest BCUT2D eigenvalue weighted by atomic mass is 9.97. The molecule has 0 bridgehead atoms. The molecule has 2 rings (SSSR count). The molecule has 2 fully saturated rings. The van der Waals surface area contributed by atoms with Crippen molar-refractivity contribution in [2.75, 3.05) is 19.7 Å². The molecule has 3 N–H and O–H groups in total. The van der Waals surface area contributed by atoms with Crippen LogP contribution in [0.25, 0.3) is 0 Å². The minimum atomic E-state index is -0.248. The molecule has 0 unspecified atom stereocenters. The van der Waals surface area contributed by atoms with Crippen molar-refractivity contribution < 1.29 is 9.90 Å². The minimum absolute atomic E-state index is 0.0870. The number of aliphatic hydroxyl groups is 1. The first-order valence-electron chi connectivity index (χ1n) is 5.39. The summed E-state index contributed by atoms with van der Waals surface area (Å²) in [6.07, 6.45) is 3.71. The molecule has 1 heterocycles. The van der Waals surface area contributed by atoms with Gasteiger partial charge in [0.15, 0.2) is 0 Å². The van der Waals surface area contributed by atoms with Gasteiger partial charge in [-0.05, 0) is 38.8 Å². The van der Waals surface area contributed by atoms with Crippen LogP contribution >= 0.6 is 0 Å². The zero-order valence-corrected chi connectivity index (χ0v) is 8.38. The molecular weight excluding hydrogens is 180 g/mol. The predicted octanol–water partition coefficient (Wildman–Crippen LogP) is -0.373. The van der Waals surface area contributed by atoms with E-state index in [0.29, 0.717) is 0 Å². The first kappa shape index (κ1) is 9.93. The number of amides is 1. The quantitative estimate of drug-likeness (QED) is 0.579. The Labute approximate surface area is 84.1 Å². The summed E-state index contributed by atoms with van der Waals surface area (Å²) in [6, 6.07) is 0. The number of carbonyl (C=O) groups excluding carboxylic acids is 1. The number of hydrogen-bond acceptors (Lipinski definition) is 3. The SMILES string of the molecule is O=C(NC1(CO)CC1)C1CCNCC1. The van der Waals surface area contributed by atoms with Crippen LogP contribution in [0.2, 0.25) is 0 Å². The van der Waals surface area contributed by atoms with Gasteiger partial charge in [-0.2, -0.15) is 0 Å². The lowest BCUT2D eigenvalue weighted by Gasteiger charge is -2.24. The Kier molecular flexibility index (Phi) is 2.74. The van der Waals surface area contributed by atoms with Gasteiger partial charge in [-0.25, -0.2) is 0 Å². The lowest BCUT2D eigenvalue weighted by Crippen LogP contribution is -2.45. The van der Waals surface area contributed by atoms with Crippen LogP contribution in [0.1, 0.15) is 25.7 Å². The van der Waals surface area contributed by atoms with Crippen molar-refractivity contribution in [3.05, 3.63) is 0 Å². The van der Waals surface area contributed by atoms with Crippen LogP contribution in [0.5, 0.6) is 0 Å². The first-order chi connectivity index (χ1) is 6.76. The summed E-state index contributed by atoms with van der Waals surface area (Å²) in [6.45, 7) is 1.96. The third-order valence-electron chi connectivity index (χ3n) is 3.25. The summed E-state index contributed by atoms with van der Waals surface area (Å²) in [5, 5.41) is 15.3. The molecule has 1 amide bonds. The second-order valence-corrected chi connectivity index (χ2v) is 4.45. The van der Waals surface area contributed by atoms with Gasteiger partial charge in [-0.3, -0.25) is 4.79 Å². The smallest absolute Gasteiger partial charge is 0.223 e. The van der Waals surface area contributed by atoms with Gasteiger partial charge in [-0.1, -0.05) is 0 Å². The van der Waals surface area contributed by atoms with Crippen molar-refractivity contribution in [1.82, 2.24) is 10.6 Å². The summed E-state index contributed by atoms with van der Waals surface area (Å²) >= 11 is 0. The summed E-state index contributed by atoms with van der Waals surface area (Å²) in [4.78, 5) is 11.8. The highest BCUT2D eigenvalue weighted by molar-refractivity contribution is 5.80. The van der Waals surface area contributed by atoms with Gasteiger partial charge < -0.3 is 15.7 Å². The Morgan fingerprint density at radius 3 is 2.57 bits per heavy atom. The lowest BCUT2D eigenvalue weighted by molar-refractivity contribution is -0.127. The fourth-order valence-electron chi connectivity index (χ4n) is 1.92. The number of hydrogen-bond donors (Lipinski definition) is 3. The Balaban J connectivity index is 1.82. The molecule has 0 aromatic rings.